The van der Waals surface area contributed by atoms with Gasteiger partial charge in [0, 0.05) is 12.1 Å². The number of carbonyl (C=O) groups excluding carboxylic acids is 1. The van der Waals surface area contributed by atoms with Crippen molar-refractivity contribution in [2.75, 3.05) is 5.32 Å². The maximum absolute atomic E-state index is 13.7. The van der Waals surface area contributed by atoms with Crippen molar-refractivity contribution in [2.24, 2.45) is 5.73 Å². The zero-order chi connectivity index (χ0) is 13.8. The molecule has 2 aromatic carbocycles. The lowest BCUT2D eigenvalue weighted by molar-refractivity contribution is 0.102. The van der Waals surface area contributed by atoms with Crippen LogP contribution in [0.2, 0.25) is 0 Å². The predicted octanol–water partition coefficient (Wildman–Crippen LogP) is 2.85. The van der Waals surface area contributed by atoms with Crippen molar-refractivity contribution >= 4 is 11.6 Å². The summed E-state index contributed by atoms with van der Waals surface area (Å²) in [6.07, 6.45) is 0. The molecular weight excluding hydrogens is 243 g/mol. The minimum atomic E-state index is -0.482. The van der Waals surface area contributed by atoms with Crippen LogP contribution in [0.25, 0.3) is 0 Å². The first-order valence-electron chi connectivity index (χ1n) is 5.96. The van der Waals surface area contributed by atoms with E-state index < -0.39 is 5.82 Å². The van der Waals surface area contributed by atoms with Gasteiger partial charge in [-0.3, -0.25) is 4.79 Å². The van der Waals surface area contributed by atoms with Gasteiger partial charge in [-0.25, -0.2) is 4.39 Å². The highest BCUT2D eigenvalue weighted by atomic mass is 19.1. The van der Waals surface area contributed by atoms with Crippen molar-refractivity contribution in [2.45, 2.75) is 13.5 Å². The molecule has 0 spiro atoms. The summed E-state index contributed by atoms with van der Waals surface area (Å²) in [7, 11) is 0. The van der Waals surface area contributed by atoms with E-state index in [9.17, 15) is 9.18 Å². The molecule has 0 saturated carbocycles. The minimum absolute atomic E-state index is 0.156. The second-order valence-corrected chi connectivity index (χ2v) is 4.34. The van der Waals surface area contributed by atoms with Gasteiger partial charge in [0.05, 0.1) is 5.69 Å². The molecule has 0 radical (unpaired) electrons. The molecule has 0 aliphatic carbocycles. The average molecular weight is 258 g/mol. The lowest BCUT2D eigenvalue weighted by atomic mass is 10.1. The molecular formula is C15H15FN2O. The molecule has 0 heterocycles. The molecule has 0 aliphatic rings. The van der Waals surface area contributed by atoms with Gasteiger partial charge in [0.1, 0.15) is 5.82 Å². The third-order valence-electron chi connectivity index (χ3n) is 2.80. The molecule has 0 aliphatic heterocycles. The molecule has 3 N–H and O–H groups in total. The van der Waals surface area contributed by atoms with Crippen molar-refractivity contribution < 1.29 is 9.18 Å². The molecule has 2 aromatic rings. The van der Waals surface area contributed by atoms with Crippen LogP contribution in [0.15, 0.2) is 42.5 Å². The molecule has 0 saturated heterocycles. The zero-order valence-corrected chi connectivity index (χ0v) is 10.6. The Kier molecular flexibility index (Phi) is 3.92. The van der Waals surface area contributed by atoms with Crippen LogP contribution in [-0.4, -0.2) is 5.91 Å². The Labute approximate surface area is 111 Å². The van der Waals surface area contributed by atoms with Crippen LogP contribution in [0.4, 0.5) is 10.1 Å². The highest BCUT2D eigenvalue weighted by Gasteiger charge is 2.09. The van der Waals surface area contributed by atoms with Gasteiger partial charge >= 0.3 is 0 Å². The zero-order valence-electron chi connectivity index (χ0n) is 10.6. The van der Waals surface area contributed by atoms with Crippen molar-refractivity contribution in [1.29, 1.82) is 0 Å². The summed E-state index contributed by atoms with van der Waals surface area (Å²) >= 11 is 0. The number of aryl methyl sites for hydroxylation is 1. The van der Waals surface area contributed by atoms with Crippen LogP contribution in [0.5, 0.6) is 0 Å². The van der Waals surface area contributed by atoms with Crippen LogP contribution < -0.4 is 11.1 Å². The van der Waals surface area contributed by atoms with Crippen LogP contribution in [-0.2, 0) is 6.54 Å². The highest BCUT2D eigenvalue weighted by Crippen LogP contribution is 2.17. The fourth-order valence-corrected chi connectivity index (χ4v) is 1.77. The second-order valence-electron chi connectivity index (χ2n) is 4.34. The summed E-state index contributed by atoms with van der Waals surface area (Å²) in [5.74, 6) is -0.813. The summed E-state index contributed by atoms with van der Waals surface area (Å²) in [4.78, 5) is 12.0. The van der Waals surface area contributed by atoms with E-state index in [2.05, 4.69) is 5.32 Å². The van der Waals surface area contributed by atoms with E-state index in [0.717, 1.165) is 5.56 Å². The monoisotopic (exact) mass is 258 g/mol. The molecule has 0 bridgehead atoms. The number of hydrogen-bond donors (Lipinski definition) is 2. The molecule has 0 fully saturated rings. The van der Waals surface area contributed by atoms with Crippen LogP contribution in [0.3, 0.4) is 0 Å². The Balaban J connectivity index is 2.19. The first kappa shape index (κ1) is 13.2. The highest BCUT2D eigenvalue weighted by molar-refractivity contribution is 6.04. The van der Waals surface area contributed by atoms with Crippen molar-refractivity contribution in [3.8, 4) is 0 Å². The molecule has 19 heavy (non-hydrogen) atoms. The predicted molar refractivity (Wildman–Crippen MR) is 73.4 cm³/mol. The average Bonchev–Trinajstić information content (AvgIpc) is 2.41. The van der Waals surface area contributed by atoms with Crippen molar-refractivity contribution in [3.05, 3.63) is 65.0 Å². The molecule has 2 rings (SSSR count). The van der Waals surface area contributed by atoms with Gasteiger partial charge in [-0.2, -0.15) is 0 Å². The second kappa shape index (κ2) is 5.63. The molecule has 98 valence electrons. The first-order chi connectivity index (χ1) is 9.10. The lowest BCUT2D eigenvalue weighted by Crippen LogP contribution is -2.13. The summed E-state index contributed by atoms with van der Waals surface area (Å²) < 4.78 is 13.7. The molecule has 0 unspecified atom stereocenters. The van der Waals surface area contributed by atoms with E-state index in [1.54, 1.807) is 24.3 Å². The topological polar surface area (TPSA) is 55.1 Å². The van der Waals surface area contributed by atoms with Gasteiger partial charge in [0.15, 0.2) is 0 Å². The van der Waals surface area contributed by atoms with E-state index in [0.29, 0.717) is 11.1 Å². The fourth-order valence-electron chi connectivity index (χ4n) is 1.77. The van der Waals surface area contributed by atoms with Crippen molar-refractivity contribution in [3.63, 3.8) is 0 Å². The number of benzene rings is 2. The summed E-state index contributed by atoms with van der Waals surface area (Å²) in [6, 6.07) is 11.7. The minimum Gasteiger partial charge on any atom is -0.326 e. The Bertz CT molecular complexity index is 611. The number of halogens is 1. The van der Waals surface area contributed by atoms with Gasteiger partial charge in [0.25, 0.3) is 5.91 Å². The lowest BCUT2D eigenvalue weighted by Gasteiger charge is -2.08. The number of anilines is 1. The quantitative estimate of drug-likeness (QED) is 0.889. The van der Waals surface area contributed by atoms with E-state index in [1.165, 1.54) is 12.1 Å². The first-order valence-corrected chi connectivity index (χ1v) is 5.96. The smallest absolute Gasteiger partial charge is 0.255 e. The van der Waals surface area contributed by atoms with Crippen LogP contribution in [0.1, 0.15) is 21.5 Å². The van der Waals surface area contributed by atoms with Gasteiger partial charge < -0.3 is 11.1 Å². The molecule has 0 aromatic heterocycles. The largest absolute Gasteiger partial charge is 0.326 e. The number of nitrogens with two attached hydrogens (primary N) is 1. The maximum atomic E-state index is 13.7. The Morgan fingerprint density at radius 3 is 2.68 bits per heavy atom. The van der Waals surface area contributed by atoms with Gasteiger partial charge in [-0.15, -0.1) is 0 Å². The molecule has 0 atom stereocenters. The summed E-state index contributed by atoms with van der Waals surface area (Å²) in [6.45, 7) is 2.16. The number of amides is 1. The Morgan fingerprint density at radius 2 is 2.05 bits per heavy atom. The Morgan fingerprint density at radius 1 is 1.26 bits per heavy atom. The van der Waals surface area contributed by atoms with E-state index >= 15 is 0 Å². The van der Waals surface area contributed by atoms with E-state index in [4.69, 9.17) is 5.73 Å². The van der Waals surface area contributed by atoms with Gasteiger partial charge in [0.2, 0.25) is 0 Å². The van der Waals surface area contributed by atoms with Gasteiger partial charge in [-0.05, 0) is 36.8 Å². The third kappa shape index (κ3) is 3.17. The van der Waals surface area contributed by atoms with E-state index in [1.807, 2.05) is 13.0 Å². The fraction of sp³-hybridized carbons (Fsp3) is 0.133. The molecule has 1 amide bonds. The SMILES string of the molecule is Cc1cccc(C(=O)Nc2ccc(CN)cc2F)c1. The Hall–Kier alpha value is -2.20. The standard InChI is InChI=1S/C15H15FN2O/c1-10-3-2-4-12(7-10)15(19)18-14-6-5-11(9-17)8-13(14)16/h2-8H,9,17H2,1H3,(H,18,19). The number of rotatable bonds is 3. The van der Waals surface area contributed by atoms with Crippen LogP contribution in [0, 0.1) is 12.7 Å². The third-order valence-corrected chi connectivity index (χ3v) is 2.80. The van der Waals surface area contributed by atoms with E-state index in [-0.39, 0.29) is 18.1 Å². The normalized spacial score (nSPS) is 10.3. The number of carbonyl (C=O) groups is 1. The molecule has 4 heteroatoms. The summed E-state index contributed by atoms with van der Waals surface area (Å²) in [5.41, 5.74) is 7.75. The number of nitrogens with one attached hydrogen (secondary N) is 1. The summed E-state index contributed by atoms with van der Waals surface area (Å²) in [5, 5.41) is 2.55. The molecule has 3 nitrogen and oxygen atoms in total. The number of hydrogen-bond acceptors (Lipinski definition) is 2. The van der Waals surface area contributed by atoms with Crippen molar-refractivity contribution in [1.82, 2.24) is 0 Å². The maximum Gasteiger partial charge on any atom is 0.255 e. The van der Waals surface area contributed by atoms with Crippen LogP contribution >= 0.6 is 0 Å². The van der Waals surface area contributed by atoms with Gasteiger partial charge in [-0.1, -0.05) is 23.8 Å².